The first-order chi connectivity index (χ1) is 46.9. The molecule has 3 aromatic carbocycles. The predicted molar refractivity (Wildman–Crippen MR) is 363 cm³/mol. The van der Waals surface area contributed by atoms with Gasteiger partial charge in [-0.15, -0.1) is 0 Å². The highest BCUT2D eigenvalue weighted by molar-refractivity contribution is 6.00. The number of piperidine rings is 6. The van der Waals surface area contributed by atoms with Gasteiger partial charge < -0.3 is 55.4 Å². The Morgan fingerprint density at radius 2 is 1.29 bits per heavy atom. The molecule has 26 heteroatoms. The summed E-state index contributed by atoms with van der Waals surface area (Å²) in [5.41, 5.74) is 10.8. The van der Waals surface area contributed by atoms with E-state index in [0.717, 1.165) is 101 Å². The van der Waals surface area contributed by atoms with E-state index >= 15 is 4.39 Å². The van der Waals surface area contributed by atoms with Crippen LogP contribution in [0.4, 0.5) is 21.7 Å². The number of hydrogen-bond donors (Lipinski definition) is 3. The van der Waals surface area contributed by atoms with Crippen LogP contribution in [0.5, 0.6) is 0 Å². The molecule has 25 nitrogen and oxygen atoms in total. The number of aryl methyl sites for hydroxylation is 1. The minimum Gasteiger partial charge on any atom is -0.468 e. The Labute approximate surface area is 564 Å². The van der Waals surface area contributed by atoms with Crippen LogP contribution in [-0.4, -0.2) is 219 Å². The first-order valence-electron chi connectivity index (χ1n) is 34.8. The van der Waals surface area contributed by atoms with E-state index in [-0.39, 0.29) is 79.6 Å². The Morgan fingerprint density at radius 1 is 0.680 bits per heavy atom. The molecular formula is C71H91FN16O9. The molecule has 0 atom stereocenters. The molecule has 6 aromatic rings. The number of carbonyl (C=O) groups excluding carboxylic acids is 8. The number of likely N-dealkylation sites (N-methyl/N-ethyl adjacent to an activating group) is 1. The van der Waals surface area contributed by atoms with Crippen molar-refractivity contribution in [1.82, 2.24) is 64.2 Å². The Bertz CT molecular complexity index is 3870. The second-order valence-electron chi connectivity index (χ2n) is 27.3. The molecule has 0 aliphatic carbocycles. The second kappa shape index (κ2) is 30.6. The van der Waals surface area contributed by atoms with Gasteiger partial charge in [0.2, 0.25) is 35.4 Å². The van der Waals surface area contributed by atoms with Gasteiger partial charge in [0.1, 0.15) is 24.7 Å². The fourth-order valence-corrected chi connectivity index (χ4v) is 15.3. The average molecular weight is 1330 g/mol. The van der Waals surface area contributed by atoms with Crippen molar-refractivity contribution in [2.24, 2.45) is 30.5 Å². The van der Waals surface area contributed by atoms with Crippen LogP contribution in [0.25, 0.3) is 32.9 Å². The highest BCUT2D eigenvalue weighted by Gasteiger charge is 2.37. The molecular weight excluding hydrogens is 1240 g/mol. The SMILES string of the molecule is COC(=O)CNC(=O)CN(C)C(=O)Cn1nc(C2CCN(C(=O)CCC(=O)N3CCC(CN4CCC(C(=O)N5CCC(C(=O)N6CCC(c7ccc(Nc8nc(N9CCCCC9)cnc8C(N)=O)cc7)CC6)CC5)CC4)CC3)CC2)c2c(-c3cc4c(cnn4C)cc3F)cccc21. The molecule has 6 fully saturated rings. The first-order valence-corrected chi connectivity index (χ1v) is 34.8. The minimum absolute atomic E-state index is 0.0165. The largest absolute Gasteiger partial charge is 0.468 e. The van der Waals surface area contributed by atoms with Crippen molar-refractivity contribution >= 4 is 86.4 Å². The standard InChI is InChI=1S/C71H91FN16O9/c1-80(44-60(89)74-42-64(93)97-3)63(92)45-88-57-9-7-8-54(55-39-58-52(38-56(55)72)40-76-81(58)2)65(57)66(79-88)49-22-32-85(33-23-49)62(91)15-14-61(90)84-30-16-46(17-31-84)43-82-28-18-50(19-29-82)70(95)87-36-24-51(25-37-87)71(96)86-34-20-48(21-35-86)47-10-12-53(13-11-47)77-69-67(68(73)94)75-41-59(78-69)83-26-5-4-6-27-83/h7-13,38-41,46,48-51H,4-6,14-37,42-45H2,1-3H3,(H2,73,94)(H,74,89)(H,77,78). The summed E-state index contributed by atoms with van der Waals surface area (Å²) in [7, 11) is 4.50. The number of primary amides is 1. The van der Waals surface area contributed by atoms with Gasteiger partial charge in [-0.25, -0.2) is 14.4 Å². The van der Waals surface area contributed by atoms with Crippen LogP contribution in [0.3, 0.4) is 0 Å². The summed E-state index contributed by atoms with van der Waals surface area (Å²) < 4.78 is 24.0. The van der Waals surface area contributed by atoms with Crippen LogP contribution in [0.1, 0.15) is 130 Å². The summed E-state index contributed by atoms with van der Waals surface area (Å²) >= 11 is 0. The van der Waals surface area contributed by atoms with Gasteiger partial charge in [-0.2, -0.15) is 10.2 Å². The van der Waals surface area contributed by atoms with Crippen LogP contribution in [-0.2, 0) is 51.9 Å². The first kappa shape index (κ1) is 67.9. The van der Waals surface area contributed by atoms with Crippen LogP contribution >= 0.6 is 0 Å². The summed E-state index contributed by atoms with van der Waals surface area (Å²) in [6.45, 7) is 8.38. The molecule has 12 rings (SSSR count). The highest BCUT2D eigenvalue weighted by atomic mass is 19.1. The van der Waals surface area contributed by atoms with Gasteiger partial charge in [0, 0.05) is 139 Å². The number of aromatic nitrogens is 6. The number of nitrogens with zero attached hydrogens (tertiary/aromatic N) is 13. The Kier molecular flexibility index (Phi) is 21.4. The van der Waals surface area contributed by atoms with Crippen molar-refractivity contribution in [1.29, 1.82) is 0 Å². The number of nitrogens with two attached hydrogens (primary N) is 1. The quantitative estimate of drug-likeness (QED) is 0.0720. The van der Waals surface area contributed by atoms with Crippen molar-refractivity contribution in [3.05, 3.63) is 89.8 Å². The molecule has 4 N–H and O–H groups in total. The predicted octanol–water partition coefficient (Wildman–Crippen LogP) is 6.18. The maximum Gasteiger partial charge on any atom is 0.325 e. The van der Waals surface area contributed by atoms with Gasteiger partial charge in [0.15, 0.2) is 11.5 Å². The summed E-state index contributed by atoms with van der Waals surface area (Å²) in [4.78, 5) is 128. The maximum atomic E-state index is 16.1. The van der Waals surface area contributed by atoms with Gasteiger partial charge in [-0.3, -0.25) is 47.7 Å². The zero-order valence-corrected chi connectivity index (χ0v) is 56.1. The summed E-state index contributed by atoms with van der Waals surface area (Å²) in [6, 6.07) is 16.9. The monoisotopic (exact) mass is 1330 g/mol. The van der Waals surface area contributed by atoms with Crippen molar-refractivity contribution in [2.75, 3.05) is 123 Å². The lowest BCUT2D eigenvalue weighted by Gasteiger charge is -2.40. The normalized spacial score (nSPS) is 18.4. The Morgan fingerprint density at radius 3 is 1.93 bits per heavy atom. The van der Waals surface area contributed by atoms with Crippen LogP contribution in [0.2, 0.25) is 0 Å². The molecule has 6 aliphatic heterocycles. The molecule has 516 valence electrons. The van der Waals surface area contributed by atoms with Crippen molar-refractivity contribution < 1.29 is 47.5 Å². The van der Waals surface area contributed by atoms with Crippen LogP contribution in [0, 0.1) is 23.6 Å². The van der Waals surface area contributed by atoms with E-state index in [1.165, 1.54) is 37.1 Å². The van der Waals surface area contributed by atoms with Crippen molar-refractivity contribution in [2.45, 2.75) is 115 Å². The van der Waals surface area contributed by atoms with Crippen LogP contribution < -0.4 is 21.3 Å². The number of fused-ring (bicyclic) bond motifs is 2. The summed E-state index contributed by atoms with van der Waals surface area (Å²) in [5.74, 6) is -0.716. The molecule has 9 heterocycles. The van der Waals surface area contributed by atoms with E-state index in [9.17, 15) is 38.4 Å². The maximum absolute atomic E-state index is 16.1. The number of esters is 1. The molecule has 0 spiro atoms. The number of benzene rings is 3. The van der Waals surface area contributed by atoms with Crippen molar-refractivity contribution in [3.63, 3.8) is 0 Å². The van der Waals surface area contributed by atoms with E-state index in [4.69, 9.17) is 15.8 Å². The van der Waals surface area contributed by atoms with Crippen molar-refractivity contribution in [3.8, 4) is 11.1 Å². The molecule has 0 saturated carbocycles. The third kappa shape index (κ3) is 15.8. The number of anilines is 3. The number of amides is 7. The lowest BCUT2D eigenvalue weighted by Crippen LogP contribution is -2.49. The molecule has 0 radical (unpaired) electrons. The van der Waals surface area contributed by atoms with Gasteiger partial charge >= 0.3 is 5.97 Å². The number of nitrogens with one attached hydrogen (secondary N) is 2. The lowest BCUT2D eigenvalue weighted by molar-refractivity contribution is -0.144. The van der Waals surface area contributed by atoms with E-state index in [1.807, 2.05) is 43.9 Å². The van der Waals surface area contributed by atoms with Crippen LogP contribution in [0.15, 0.2) is 67.0 Å². The number of rotatable bonds is 20. The topological polar surface area (TPSA) is 280 Å². The number of likely N-dealkylation sites (tertiary alicyclic amines) is 5. The number of halogens is 1. The number of ether oxygens (including phenoxy) is 1. The average Bonchev–Trinajstić information content (AvgIpc) is 1.67. The summed E-state index contributed by atoms with van der Waals surface area (Å²) in [5, 5.41) is 16.4. The molecule has 97 heavy (non-hydrogen) atoms. The third-order valence-corrected chi connectivity index (χ3v) is 21.2. The molecule has 6 saturated heterocycles. The Balaban J connectivity index is 0.551. The number of methoxy groups -OCH3 is 1. The summed E-state index contributed by atoms with van der Waals surface area (Å²) in [6.07, 6.45) is 14.5. The zero-order valence-electron chi connectivity index (χ0n) is 56.1. The van der Waals surface area contributed by atoms with Gasteiger partial charge in [0.25, 0.3) is 5.91 Å². The van der Waals surface area contributed by atoms with E-state index < -0.39 is 29.5 Å². The third-order valence-electron chi connectivity index (χ3n) is 21.2. The van der Waals surface area contributed by atoms with E-state index in [0.29, 0.717) is 129 Å². The molecule has 0 unspecified atom stereocenters. The fraction of sp³-hybridized carbons (Fsp3) is 0.549. The molecule has 3 aromatic heterocycles. The van der Waals surface area contributed by atoms with E-state index in [2.05, 4.69) is 47.4 Å². The highest BCUT2D eigenvalue weighted by Crippen LogP contribution is 2.41. The zero-order chi connectivity index (χ0) is 67.9. The van der Waals surface area contributed by atoms with Gasteiger partial charge in [0.05, 0.1) is 42.8 Å². The Hall–Kier alpha value is -9.07. The smallest absolute Gasteiger partial charge is 0.325 e. The van der Waals surface area contributed by atoms with Gasteiger partial charge in [-0.1, -0.05) is 24.3 Å². The molecule has 7 amide bonds. The molecule has 0 bridgehead atoms. The minimum atomic E-state index is -0.637. The molecule has 6 aliphatic rings. The number of carbonyl (C=O) groups is 8. The number of hydrogen-bond acceptors (Lipinski definition) is 16. The van der Waals surface area contributed by atoms with Gasteiger partial charge in [-0.05, 0) is 150 Å². The fourth-order valence-electron chi connectivity index (χ4n) is 15.3. The second-order valence-corrected chi connectivity index (χ2v) is 27.3. The van der Waals surface area contributed by atoms with E-state index in [1.54, 1.807) is 40.9 Å². The lowest BCUT2D eigenvalue weighted by atomic mass is 9.87.